The molecule has 0 saturated carbocycles. The molecule has 1 atom stereocenters. The monoisotopic (exact) mass is 233 g/mol. The third kappa shape index (κ3) is 1.93. The third-order valence-corrected chi connectivity index (χ3v) is 1.73. The van der Waals surface area contributed by atoms with E-state index in [2.05, 4.69) is 34.5 Å². The second kappa shape index (κ2) is 3.15. The summed E-state index contributed by atoms with van der Waals surface area (Å²) in [6, 6.07) is 5.98. The standard InChI is InChI=1S/C7H8IN/c1-6(8)7-4-2-3-5-9-7/h2-6H,1H3/t6-/m1/s1. The number of rotatable bonds is 1. The summed E-state index contributed by atoms with van der Waals surface area (Å²) in [5.41, 5.74) is 1.15. The second-order valence-corrected chi connectivity index (χ2v) is 3.74. The highest BCUT2D eigenvalue weighted by molar-refractivity contribution is 14.1. The summed E-state index contributed by atoms with van der Waals surface area (Å²) in [6.45, 7) is 2.13. The van der Waals surface area contributed by atoms with Crippen LogP contribution in [0.3, 0.4) is 0 Å². The summed E-state index contributed by atoms with van der Waals surface area (Å²) in [6.07, 6.45) is 1.82. The number of hydrogen-bond donors (Lipinski definition) is 0. The molecule has 0 N–H and O–H groups in total. The van der Waals surface area contributed by atoms with Crippen molar-refractivity contribution in [2.75, 3.05) is 0 Å². The number of alkyl halides is 1. The Morgan fingerprint density at radius 2 is 2.33 bits per heavy atom. The fourth-order valence-corrected chi connectivity index (χ4v) is 0.980. The topological polar surface area (TPSA) is 12.9 Å². The molecule has 0 unspecified atom stereocenters. The largest absolute Gasteiger partial charge is 0.260 e. The fraction of sp³-hybridized carbons (Fsp3) is 0.286. The molecule has 1 heterocycles. The molecule has 0 saturated heterocycles. The Kier molecular flexibility index (Phi) is 2.45. The van der Waals surface area contributed by atoms with Crippen molar-refractivity contribution in [3.63, 3.8) is 0 Å². The first kappa shape index (κ1) is 6.99. The summed E-state index contributed by atoms with van der Waals surface area (Å²) in [7, 11) is 0. The molecule has 2 heteroatoms. The van der Waals surface area contributed by atoms with Crippen LogP contribution in [0.15, 0.2) is 24.4 Å². The van der Waals surface area contributed by atoms with Gasteiger partial charge in [-0.25, -0.2) is 0 Å². The highest BCUT2D eigenvalue weighted by Gasteiger charge is 1.97. The molecule has 0 amide bonds. The van der Waals surface area contributed by atoms with Crippen LogP contribution in [0.4, 0.5) is 0 Å². The van der Waals surface area contributed by atoms with Crippen LogP contribution in [0.1, 0.15) is 16.5 Å². The summed E-state index contributed by atoms with van der Waals surface area (Å²) in [5.74, 6) is 0. The average Bonchev–Trinajstić information content (AvgIpc) is 1.90. The van der Waals surface area contributed by atoms with Gasteiger partial charge in [0.2, 0.25) is 0 Å². The van der Waals surface area contributed by atoms with E-state index in [9.17, 15) is 0 Å². The van der Waals surface area contributed by atoms with Crippen molar-refractivity contribution in [3.8, 4) is 0 Å². The van der Waals surface area contributed by atoms with Crippen molar-refractivity contribution in [1.29, 1.82) is 0 Å². The van der Waals surface area contributed by atoms with E-state index in [1.165, 1.54) is 0 Å². The lowest BCUT2D eigenvalue weighted by Gasteiger charge is -1.98. The minimum atomic E-state index is 0.517. The van der Waals surface area contributed by atoms with Crippen LogP contribution in [-0.2, 0) is 0 Å². The maximum absolute atomic E-state index is 4.17. The first-order chi connectivity index (χ1) is 4.30. The lowest BCUT2D eigenvalue weighted by molar-refractivity contribution is 1.04. The highest BCUT2D eigenvalue weighted by Crippen LogP contribution is 2.18. The van der Waals surface area contributed by atoms with Crippen LogP contribution in [0, 0.1) is 0 Å². The van der Waals surface area contributed by atoms with Gasteiger partial charge in [-0.2, -0.15) is 0 Å². The summed E-state index contributed by atoms with van der Waals surface area (Å²) in [4.78, 5) is 4.17. The maximum Gasteiger partial charge on any atom is 0.0529 e. The molecule has 48 valence electrons. The fourth-order valence-electron chi connectivity index (χ4n) is 0.611. The normalized spacial score (nSPS) is 13.1. The van der Waals surface area contributed by atoms with Crippen molar-refractivity contribution in [2.24, 2.45) is 0 Å². The second-order valence-electron chi connectivity index (χ2n) is 1.87. The predicted molar refractivity (Wildman–Crippen MR) is 46.7 cm³/mol. The van der Waals surface area contributed by atoms with Gasteiger partial charge in [-0.15, -0.1) is 0 Å². The van der Waals surface area contributed by atoms with Gasteiger partial charge in [-0.1, -0.05) is 28.7 Å². The van der Waals surface area contributed by atoms with E-state index in [0.717, 1.165) is 5.69 Å². The Balaban J connectivity index is 2.85. The number of pyridine rings is 1. The lowest BCUT2D eigenvalue weighted by Crippen LogP contribution is -1.85. The Morgan fingerprint density at radius 3 is 2.67 bits per heavy atom. The molecular weight excluding hydrogens is 225 g/mol. The van der Waals surface area contributed by atoms with Crippen LogP contribution >= 0.6 is 22.6 Å². The molecule has 0 aromatic carbocycles. The van der Waals surface area contributed by atoms with E-state index in [0.29, 0.717) is 3.92 Å². The number of nitrogens with zero attached hydrogens (tertiary/aromatic N) is 1. The summed E-state index contributed by atoms with van der Waals surface area (Å²) < 4.78 is 0.517. The van der Waals surface area contributed by atoms with Gasteiger partial charge in [0.1, 0.15) is 0 Å². The molecular formula is C7H8IN. The Bertz CT molecular complexity index is 172. The lowest BCUT2D eigenvalue weighted by atomic mass is 10.3. The summed E-state index contributed by atoms with van der Waals surface area (Å²) in [5, 5.41) is 0. The quantitative estimate of drug-likeness (QED) is 0.536. The van der Waals surface area contributed by atoms with Crippen LogP contribution in [0.5, 0.6) is 0 Å². The van der Waals surface area contributed by atoms with Gasteiger partial charge in [0.15, 0.2) is 0 Å². The number of halogens is 1. The van der Waals surface area contributed by atoms with Gasteiger partial charge in [0.25, 0.3) is 0 Å². The third-order valence-electron chi connectivity index (χ3n) is 1.10. The SMILES string of the molecule is C[C@@H](I)c1ccccn1. The molecule has 9 heavy (non-hydrogen) atoms. The van der Waals surface area contributed by atoms with Gasteiger partial charge >= 0.3 is 0 Å². The zero-order chi connectivity index (χ0) is 6.69. The molecule has 1 aromatic heterocycles. The van der Waals surface area contributed by atoms with Gasteiger partial charge in [0, 0.05) is 6.20 Å². The number of hydrogen-bond acceptors (Lipinski definition) is 1. The first-order valence-corrected chi connectivity index (χ1v) is 4.10. The molecule has 0 radical (unpaired) electrons. The van der Waals surface area contributed by atoms with E-state index in [1.807, 2.05) is 24.4 Å². The van der Waals surface area contributed by atoms with Gasteiger partial charge in [-0.3, -0.25) is 4.98 Å². The van der Waals surface area contributed by atoms with Crippen LogP contribution < -0.4 is 0 Å². The minimum Gasteiger partial charge on any atom is -0.260 e. The van der Waals surface area contributed by atoms with Crippen molar-refractivity contribution in [2.45, 2.75) is 10.8 Å². The molecule has 1 nitrogen and oxygen atoms in total. The van der Waals surface area contributed by atoms with Crippen LogP contribution in [-0.4, -0.2) is 4.98 Å². The predicted octanol–water partition coefficient (Wildman–Crippen LogP) is 2.58. The van der Waals surface area contributed by atoms with Crippen molar-refractivity contribution < 1.29 is 0 Å². The van der Waals surface area contributed by atoms with E-state index < -0.39 is 0 Å². The molecule has 0 fully saturated rings. The molecule has 0 aliphatic carbocycles. The van der Waals surface area contributed by atoms with E-state index in [-0.39, 0.29) is 0 Å². The molecule has 1 rings (SSSR count). The van der Waals surface area contributed by atoms with Crippen molar-refractivity contribution in [3.05, 3.63) is 30.1 Å². The highest BCUT2D eigenvalue weighted by atomic mass is 127. The van der Waals surface area contributed by atoms with Crippen LogP contribution in [0.25, 0.3) is 0 Å². The van der Waals surface area contributed by atoms with Gasteiger partial charge in [-0.05, 0) is 19.1 Å². The average molecular weight is 233 g/mol. The minimum absolute atomic E-state index is 0.517. The van der Waals surface area contributed by atoms with E-state index >= 15 is 0 Å². The summed E-state index contributed by atoms with van der Waals surface area (Å²) >= 11 is 2.35. The van der Waals surface area contributed by atoms with E-state index in [1.54, 1.807) is 0 Å². The van der Waals surface area contributed by atoms with Gasteiger partial charge < -0.3 is 0 Å². The van der Waals surface area contributed by atoms with Gasteiger partial charge in [0.05, 0.1) is 9.62 Å². The maximum atomic E-state index is 4.17. The number of aromatic nitrogens is 1. The van der Waals surface area contributed by atoms with E-state index in [4.69, 9.17) is 0 Å². The van der Waals surface area contributed by atoms with Crippen LogP contribution in [0.2, 0.25) is 0 Å². The Labute approximate surface area is 68.6 Å². The Hall–Kier alpha value is -0.120. The molecule has 1 aromatic rings. The zero-order valence-corrected chi connectivity index (χ0v) is 7.37. The Morgan fingerprint density at radius 1 is 1.56 bits per heavy atom. The van der Waals surface area contributed by atoms with Crippen molar-refractivity contribution in [1.82, 2.24) is 4.98 Å². The molecule has 0 bridgehead atoms. The molecule has 0 spiro atoms. The van der Waals surface area contributed by atoms with Crippen molar-refractivity contribution >= 4 is 22.6 Å². The smallest absolute Gasteiger partial charge is 0.0529 e. The molecule has 0 aliphatic rings. The molecule has 0 aliphatic heterocycles. The zero-order valence-electron chi connectivity index (χ0n) is 5.21. The first-order valence-electron chi connectivity index (χ1n) is 2.85.